The van der Waals surface area contributed by atoms with Gasteiger partial charge in [-0.2, -0.15) is 5.10 Å². The van der Waals surface area contributed by atoms with E-state index in [-0.39, 0.29) is 5.41 Å². The van der Waals surface area contributed by atoms with E-state index in [0.717, 1.165) is 25.8 Å². The molecule has 1 aromatic rings. The van der Waals surface area contributed by atoms with Gasteiger partial charge in [0.05, 0.1) is 11.7 Å². The van der Waals surface area contributed by atoms with E-state index in [0.29, 0.717) is 23.2 Å². The van der Waals surface area contributed by atoms with E-state index in [2.05, 4.69) is 9.82 Å². The minimum atomic E-state index is -3.53. The molecule has 0 radical (unpaired) electrons. The Bertz CT molecular complexity index is 638. The first-order valence-electron chi connectivity index (χ1n) is 8.85. The van der Waals surface area contributed by atoms with Gasteiger partial charge in [-0.25, -0.2) is 13.1 Å². The topological polar surface area (TPSA) is 67.2 Å². The molecule has 1 aliphatic rings. The van der Waals surface area contributed by atoms with Crippen molar-refractivity contribution in [3.8, 4) is 0 Å². The predicted molar refractivity (Wildman–Crippen MR) is 96.8 cm³/mol. The third-order valence-electron chi connectivity index (χ3n) is 4.47. The summed E-state index contributed by atoms with van der Waals surface area (Å²) < 4.78 is 30.2. The second-order valence-electron chi connectivity index (χ2n) is 8.06. The van der Waals surface area contributed by atoms with Crippen molar-refractivity contribution < 1.29 is 8.42 Å². The monoisotopic (exact) mass is 356 g/mol. The van der Waals surface area contributed by atoms with E-state index in [1.165, 1.54) is 12.8 Å². The summed E-state index contributed by atoms with van der Waals surface area (Å²) in [6, 6.07) is 0.337. The van der Waals surface area contributed by atoms with Crippen LogP contribution in [0.5, 0.6) is 0 Å². The normalized spacial score (nSPS) is 17.1. The molecule has 138 valence electrons. The lowest BCUT2D eigenvalue weighted by molar-refractivity contribution is 0.400. The number of hydrogen-bond acceptors (Lipinski definition) is 4. The zero-order valence-corrected chi connectivity index (χ0v) is 16.5. The Labute approximate surface area is 146 Å². The van der Waals surface area contributed by atoms with Gasteiger partial charge in [-0.15, -0.1) is 0 Å². The molecule has 1 fully saturated rings. The van der Waals surface area contributed by atoms with Crippen LogP contribution >= 0.6 is 0 Å². The van der Waals surface area contributed by atoms with Crippen LogP contribution in [0.25, 0.3) is 0 Å². The maximum absolute atomic E-state index is 12.8. The molecular weight excluding hydrogens is 324 g/mol. The molecule has 1 aliphatic carbocycles. The number of nitrogens with zero attached hydrogens (tertiary/aromatic N) is 3. The van der Waals surface area contributed by atoms with Gasteiger partial charge in [-0.05, 0) is 39.9 Å². The third-order valence-corrected chi connectivity index (χ3v) is 5.93. The van der Waals surface area contributed by atoms with Crippen LogP contribution in [0.4, 0.5) is 0 Å². The van der Waals surface area contributed by atoms with E-state index in [9.17, 15) is 8.42 Å². The van der Waals surface area contributed by atoms with Gasteiger partial charge in [0.2, 0.25) is 10.0 Å². The van der Waals surface area contributed by atoms with E-state index >= 15 is 0 Å². The molecular formula is C17H32N4O2S. The Morgan fingerprint density at radius 1 is 1.29 bits per heavy atom. The lowest BCUT2D eigenvalue weighted by Gasteiger charge is -2.18. The molecule has 7 heteroatoms. The minimum Gasteiger partial charge on any atom is -0.309 e. The summed E-state index contributed by atoms with van der Waals surface area (Å²) in [6.45, 7) is 7.34. The van der Waals surface area contributed by atoms with Gasteiger partial charge >= 0.3 is 0 Å². The predicted octanol–water partition coefficient (Wildman–Crippen LogP) is 2.53. The third kappa shape index (κ3) is 4.80. The average Bonchev–Trinajstić information content (AvgIpc) is 3.10. The first kappa shape index (κ1) is 19.4. The highest BCUT2D eigenvalue weighted by Crippen LogP contribution is 2.33. The van der Waals surface area contributed by atoms with Crippen molar-refractivity contribution in [1.82, 2.24) is 19.4 Å². The molecule has 1 heterocycles. The fourth-order valence-electron chi connectivity index (χ4n) is 3.13. The first-order chi connectivity index (χ1) is 11.1. The summed E-state index contributed by atoms with van der Waals surface area (Å²) in [7, 11) is 0.435. The molecule has 0 spiro atoms. The summed E-state index contributed by atoms with van der Waals surface area (Å²) in [6.07, 6.45) is 7.08. The molecule has 0 aliphatic heterocycles. The number of hydrogen-bond donors (Lipinski definition) is 1. The number of nitrogens with one attached hydrogen (secondary N) is 1. The molecule has 1 saturated carbocycles. The highest BCUT2D eigenvalue weighted by atomic mass is 32.2. The van der Waals surface area contributed by atoms with Crippen molar-refractivity contribution in [2.45, 2.75) is 69.2 Å². The molecule has 0 saturated heterocycles. The van der Waals surface area contributed by atoms with Crippen LogP contribution in [0.3, 0.4) is 0 Å². The van der Waals surface area contributed by atoms with Crippen molar-refractivity contribution >= 4 is 10.0 Å². The second kappa shape index (κ2) is 7.54. The molecule has 0 atom stereocenters. The highest BCUT2D eigenvalue weighted by molar-refractivity contribution is 7.89. The molecule has 1 aromatic heterocycles. The van der Waals surface area contributed by atoms with Crippen molar-refractivity contribution in [3.63, 3.8) is 0 Å². The van der Waals surface area contributed by atoms with Gasteiger partial charge in [0.25, 0.3) is 0 Å². The van der Waals surface area contributed by atoms with Crippen molar-refractivity contribution in [2.75, 3.05) is 27.2 Å². The molecule has 0 bridgehead atoms. The highest BCUT2D eigenvalue weighted by Gasteiger charge is 2.31. The van der Waals surface area contributed by atoms with E-state index in [1.54, 1.807) is 6.20 Å². The van der Waals surface area contributed by atoms with Crippen LogP contribution in [-0.2, 0) is 15.4 Å². The number of rotatable bonds is 7. The maximum atomic E-state index is 12.8. The van der Waals surface area contributed by atoms with Gasteiger partial charge < -0.3 is 4.90 Å². The zero-order valence-electron chi connectivity index (χ0n) is 15.7. The van der Waals surface area contributed by atoms with Crippen LogP contribution in [0.2, 0.25) is 0 Å². The average molecular weight is 357 g/mol. The summed E-state index contributed by atoms with van der Waals surface area (Å²) in [5.74, 6) is 0. The Morgan fingerprint density at radius 2 is 1.92 bits per heavy atom. The van der Waals surface area contributed by atoms with Crippen LogP contribution in [-0.4, -0.2) is 50.3 Å². The molecule has 0 aromatic carbocycles. The van der Waals surface area contributed by atoms with Crippen LogP contribution in [0.1, 0.15) is 64.6 Å². The van der Waals surface area contributed by atoms with E-state index in [1.807, 2.05) is 44.4 Å². The van der Waals surface area contributed by atoms with Gasteiger partial charge in [0.1, 0.15) is 4.90 Å². The number of sulfonamides is 1. The summed E-state index contributed by atoms with van der Waals surface area (Å²) in [5.41, 5.74) is 0.354. The zero-order chi connectivity index (χ0) is 18.0. The van der Waals surface area contributed by atoms with Crippen LogP contribution in [0, 0.1) is 0 Å². The first-order valence-corrected chi connectivity index (χ1v) is 10.3. The largest absolute Gasteiger partial charge is 0.309 e. The molecule has 24 heavy (non-hydrogen) atoms. The van der Waals surface area contributed by atoms with E-state index in [4.69, 9.17) is 0 Å². The van der Waals surface area contributed by atoms with Crippen LogP contribution in [0.15, 0.2) is 11.1 Å². The van der Waals surface area contributed by atoms with Gasteiger partial charge in [-0.1, -0.05) is 33.6 Å². The molecule has 6 nitrogen and oxygen atoms in total. The summed E-state index contributed by atoms with van der Waals surface area (Å²) in [4.78, 5) is 2.39. The second-order valence-corrected chi connectivity index (χ2v) is 9.80. The van der Waals surface area contributed by atoms with Crippen molar-refractivity contribution in [2.24, 2.45) is 0 Å². The smallest absolute Gasteiger partial charge is 0.243 e. The van der Waals surface area contributed by atoms with E-state index < -0.39 is 10.0 Å². The quantitative estimate of drug-likeness (QED) is 0.762. The SMILES string of the molecule is CN(C)CCCNS(=O)(=O)c1cn(C2CCCC2)nc1C(C)(C)C. The van der Waals surface area contributed by atoms with Gasteiger partial charge in [-0.3, -0.25) is 4.68 Å². The molecule has 0 unspecified atom stereocenters. The standard InChI is InChI=1S/C17H32N4O2S/c1-17(2,3)16-15(13-21(19-16)14-9-6-7-10-14)24(22,23)18-11-8-12-20(4)5/h13-14,18H,6-12H2,1-5H3. The fraction of sp³-hybridized carbons (Fsp3) is 0.824. The Morgan fingerprint density at radius 3 is 2.46 bits per heavy atom. The van der Waals surface area contributed by atoms with Crippen molar-refractivity contribution in [3.05, 3.63) is 11.9 Å². The lowest BCUT2D eigenvalue weighted by Crippen LogP contribution is -2.29. The summed E-state index contributed by atoms with van der Waals surface area (Å²) >= 11 is 0. The summed E-state index contributed by atoms with van der Waals surface area (Å²) in [5, 5.41) is 4.68. The number of aromatic nitrogens is 2. The Kier molecular flexibility index (Phi) is 6.09. The minimum absolute atomic E-state index is 0.308. The maximum Gasteiger partial charge on any atom is 0.243 e. The lowest BCUT2D eigenvalue weighted by atomic mass is 9.92. The Balaban J connectivity index is 2.22. The van der Waals surface area contributed by atoms with Gasteiger partial charge in [0, 0.05) is 18.2 Å². The molecule has 1 N–H and O–H groups in total. The molecule has 0 amide bonds. The van der Waals surface area contributed by atoms with Crippen LogP contribution < -0.4 is 4.72 Å². The fourth-order valence-corrected chi connectivity index (χ4v) is 4.54. The van der Waals surface area contributed by atoms with Gasteiger partial charge in [0.15, 0.2) is 0 Å². The Hall–Kier alpha value is -0.920. The molecule has 2 rings (SSSR count). The van der Waals surface area contributed by atoms with Crippen molar-refractivity contribution in [1.29, 1.82) is 0 Å².